The van der Waals surface area contributed by atoms with Gasteiger partial charge in [-0.2, -0.15) is 0 Å². The number of aryl methyl sites for hydroxylation is 1. The van der Waals surface area contributed by atoms with E-state index in [1.807, 2.05) is 31.2 Å². The van der Waals surface area contributed by atoms with E-state index in [1.165, 1.54) is 5.56 Å². The smallest absolute Gasteiger partial charge is 0.0705 e. The van der Waals surface area contributed by atoms with Crippen molar-refractivity contribution in [3.8, 4) is 0 Å². The molecule has 5 N–H and O–H groups in total. The van der Waals surface area contributed by atoms with Gasteiger partial charge in [0.2, 0.25) is 0 Å². The van der Waals surface area contributed by atoms with Crippen molar-refractivity contribution in [3.05, 3.63) is 59.2 Å². The van der Waals surface area contributed by atoms with Crippen molar-refractivity contribution in [2.75, 3.05) is 11.5 Å². The van der Waals surface area contributed by atoms with Crippen LogP contribution in [-0.4, -0.2) is 5.71 Å². The van der Waals surface area contributed by atoms with E-state index in [2.05, 4.69) is 0 Å². The minimum absolute atomic E-state index is 0.398. The summed E-state index contributed by atoms with van der Waals surface area (Å²) in [5.74, 6) is 0. The molecule has 2 rings (SSSR count). The third kappa shape index (κ3) is 2.28. The Morgan fingerprint density at radius 2 is 1.65 bits per heavy atom. The molecule has 2 aromatic rings. The third-order valence-corrected chi connectivity index (χ3v) is 2.69. The zero-order valence-corrected chi connectivity index (χ0v) is 9.70. The second-order valence-corrected chi connectivity index (χ2v) is 4.09. The Morgan fingerprint density at radius 1 is 1.00 bits per heavy atom. The van der Waals surface area contributed by atoms with Crippen LogP contribution in [0.15, 0.2) is 42.5 Å². The van der Waals surface area contributed by atoms with Gasteiger partial charge in [0.15, 0.2) is 0 Å². The Labute approximate surface area is 101 Å². The molecule has 0 spiro atoms. The van der Waals surface area contributed by atoms with Gasteiger partial charge in [0.1, 0.15) is 0 Å². The Kier molecular flexibility index (Phi) is 2.83. The van der Waals surface area contributed by atoms with Gasteiger partial charge in [0.25, 0.3) is 0 Å². The fraction of sp³-hybridized carbons (Fsp3) is 0.0714. The van der Waals surface area contributed by atoms with Gasteiger partial charge in [-0.25, -0.2) is 0 Å². The van der Waals surface area contributed by atoms with Gasteiger partial charge in [-0.1, -0.05) is 29.8 Å². The Morgan fingerprint density at radius 3 is 2.29 bits per heavy atom. The largest absolute Gasteiger partial charge is 0.399 e. The van der Waals surface area contributed by atoms with Crippen molar-refractivity contribution in [3.63, 3.8) is 0 Å². The van der Waals surface area contributed by atoms with E-state index in [0.717, 1.165) is 5.56 Å². The lowest BCUT2D eigenvalue weighted by molar-refractivity contribution is 1.42. The fourth-order valence-electron chi connectivity index (χ4n) is 1.67. The number of hydrogen-bond acceptors (Lipinski definition) is 3. The highest BCUT2D eigenvalue weighted by Gasteiger charge is 2.08. The van der Waals surface area contributed by atoms with Gasteiger partial charge in [-0.05, 0) is 25.1 Å². The molecule has 3 heteroatoms. The molecule has 0 aliphatic carbocycles. The van der Waals surface area contributed by atoms with Gasteiger partial charge in [-0.3, -0.25) is 5.41 Å². The summed E-state index contributed by atoms with van der Waals surface area (Å²) in [6.07, 6.45) is 0. The molecule has 2 aromatic carbocycles. The molecule has 0 atom stereocenters. The lowest BCUT2D eigenvalue weighted by atomic mass is 9.99. The second kappa shape index (κ2) is 4.29. The van der Waals surface area contributed by atoms with E-state index in [4.69, 9.17) is 16.9 Å². The summed E-state index contributed by atoms with van der Waals surface area (Å²) < 4.78 is 0. The summed E-state index contributed by atoms with van der Waals surface area (Å²) in [6.45, 7) is 2.02. The quantitative estimate of drug-likeness (QED) is 0.542. The van der Waals surface area contributed by atoms with Crippen molar-refractivity contribution < 1.29 is 0 Å². The first kappa shape index (κ1) is 11.2. The molecule has 0 heterocycles. The first-order valence-corrected chi connectivity index (χ1v) is 5.39. The summed E-state index contributed by atoms with van der Waals surface area (Å²) in [6, 6.07) is 13.0. The molecular weight excluding hydrogens is 210 g/mol. The normalized spacial score (nSPS) is 10.2. The van der Waals surface area contributed by atoms with Crippen LogP contribution in [0.1, 0.15) is 16.7 Å². The maximum atomic E-state index is 8.14. The van der Waals surface area contributed by atoms with Crippen LogP contribution in [0.2, 0.25) is 0 Å². The molecule has 17 heavy (non-hydrogen) atoms. The summed E-state index contributed by atoms with van der Waals surface area (Å²) in [7, 11) is 0. The molecule has 0 saturated heterocycles. The number of rotatable bonds is 2. The van der Waals surface area contributed by atoms with Gasteiger partial charge in [0, 0.05) is 22.5 Å². The highest BCUT2D eigenvalue weighted by molar-refractivity contribution is 6.14. The van der Waals surface area contributed by atoms with Gasteiger partial charge in [-0.15, -0.1) is 0 Å². The highest BCUT2D eigenvalue weighted by atomic mass is 14.6. The molecule has 0 aliphatic heterocycles. The van der Waals surface area contributed by atoms with Crippen LogP contribution in [0.4, 0.5) is 11.4 Å². The number of nitrogens with two attached hydrogens (primary N) is 2. The van der Waals surface area contributed by atoms with Crippen LogP contribution in [-0.2, 0) is 0 Å². The minimum atomic E-state index is 0.398. The Bertz CT molecular complexity index is 556. The minimum Gasteiger partial charge on any atom is -0.399 e. The van der Waals surface area contributed by atoms with Crippen LogP contribution >= 0.6 is 0 Å². The maximum absolute atomic E-state index is 8.14. The van der Waals surface area contributed by atoms with Crippen LogP contribution in [0.5, 0.6) is 0 Å². The zero-order valence-electron chi connectivity index (χ0n) is 9.70. The van der Waals surface area contributed by atoms with Crippen molar-refractivity contribution in [1.29, 1.82) is 5.41 Å². The number of anilines is 2. The number of benzene rings is 2. The molecule has 0 amide bonds. The summed E-state index contributed by atoms with van der Waals surface area (Å²) in [5, 5.41) is 8.14. The van der Waals surface area contributed by atoms with E-state index < -0.39 is 0 Å². The lowest BCUT2D eigenvalue weighted by Crippen LogP contribution is -2.06. The predicted molar refractivity (Wildman–Crippen MR) is 72.4 cm³/mol. The van der Waals surface area contributed by atoms with Crippen molar-refractivity contribution in [1.82, 2.24) is 0 Å². The topological polar surface area (TPSA) is 75.9 Å². The molecule has 0 fully saturated rings. The van der Waals surface area contributed by atoms with E-state index in [9.17, 15) is 0 Å². The molecule has 0 bridgehead atoms. The van der Waals surface area contributed by atoms with Gasteiger partial charge >= 0.3 is 0 Å². The zero-order chi connectivity index (χ0) is 12.4. The molecule has 0 unspecified atom stereocenters. The summed E-state index contributed by atoms with van der Waals surface area (Å²) in [5.41, 5.74) is 15.8. The van der Waals surface area contributed by atoms with E-state index >= 15 is 0 Å². The van der Waals surface area contributed by atoms with Crippen LogP contribution in [0.25, 0.3) is 0 Å². The fourth-order valence-corrected chi connectivity index (χ4v) is 1.67. The van der Waals surface area contributed by atoms with Crippen molar-refractivity contribution >= 4 is 17.1 Å². The molecule has 0 aromatic heterocycles. The molecule has 0 aliphatic rings. The number of nitrogen functional groups attached to an aromatic ring is 2. The average Bonchev–Trinajstić information content (AvgIpc) is 2.32. The number of hydrogen-bond donors (Lipinski definition) is 3. The predicted octanol–water partition coefficient (Wildman–Crippen LogP) is 2.58. The second-order valence-electron chi connectivity index (χ2n) is 4.09. The molecule has 0 radical (unpaired) electrons. The molecule has 86 valence electrons. The molecule has 3 nitrogen and oxygen atoms in total. The number of nitrogens with one attached hydrogen (secondary N) is 1. The van der Waals surface area contributed by atoms with Crippen LogP contribution in [0.3, 0.4) is 0 Å². The maximum Gasteiger partial charge on any atom is 0.0705 e. The first-order valence-electron chi connectivity index (χ1n) is 5.39. The van der Waals surface area contributed by atoms with Gasteiger partial charge in [0.05, 0.1) is 5.71 Å². The Hall–Kier alpha value is -2.29. The van der Waals surface area contributed by atoms with Gasteiger partial charge < -0.3 is 11.5 Å². The van der Waals surface area contributed by atoms with E-state index in [1.54, 1.807) is 18.2 Å². The third-order valence-electron chi connectivity index (χ3n) is 2.69. The monoisotopic (exact) mass is 225 g/mol. The molecule has 0 saturated carbocycles. The average molecular weight is 225 g/mol. The highest BCUT2D eigenvalue weighted by Crippen LogP contribution is 2.19. The van der Waals surface area contributed by atoms with Crippen LogP contribution in [0, 0.1) is 12.3 Å². The van der Waals surface area contributed by atoms with E-state index in [-0.39, 0.29) is 0 Å². The standard InChI is InChI=1S/C14H15N3/c1-9-2-4-10(5-3-9)14(17)12-8-11(15)6-7-13(12)16/h2-8,17H,15-16H2,1H3. The van der Waals surface area contributed by atoms with Crippen molar-refractivity contribution in [2.24, 2.45) is 0 Å². The van der Waals surface area contributed by atoms with Crippen LogP contribution < -0.4 is 11.5 Å². The summed E-state index contributed by atoms with van der Waals surface area (Å²) >= 11 is 0. The SMILES string of the molecule is Cc1ccc(C(=N)c2cc(N)ccc2N)cc1. The molecular formula is C14H15N3. The summed E-state index contributed by atoms with van der Waals surface area (Å²) in [4.78, 5) is 0. The van der Waals surface area contributed by atoms with Crippen molar-refractivity contribution in [2.45, 2.75) is 6.92 Å². The first-order chi connectivity index (χ1) is 8.08. The lowest BCUT2D eigenvalue weighted by Gasteiger charge is -2.09. The Balaban J connectivity index is 2.43. The van der Waals surface area contributed by atoms with E-state index in [0.29, 0.717) is 22.6 Å².